The molecular weight excluding hydrogens is 153 g/mol. The van der Waals surface area contributed by atoms with Crippen LogP contribution in [-0.2, 0) is 0 Å². The van der Waals surface area contributed by atoms with Gasteiger partial charge in [-0.05, 0) is 12.1 Å². The van der Waals surface area contributed by atoms with E-state index in [1.807, 2.05) is 6.07 Å². The van der Waals surface area contributed by atoms with Gasteiger partial charge in [0.1, 0.15) is 5.82 Å². The molecule has 0 aliphatic rings. The van der Waals surface area contributed by atoms with E-state index in [-0.39, 0.29) is 12.2 Å². The molecule has 1 aromatic carbocycles. The Morgan fingerprint density at radius 3 is 2.75 bits per heavy atom. The average molecular weight is 159 g/mol. The van der Waals surface area contributed by atoms with E-state index in [2.05, 4.69) is 11.8 Å². The van der Waals surface area contributed by atoms with Gasteiger partial charge < -0.3 is 0 Å². The second-order valence-electron chi connectivity index (χ2n) is 2.12. The topological polar surface area (TPSA) is 23.8 Å². The molecule has 0 saturated heterocycles. The van der Waals surface area contributed by atoms with Gasteiger partial charge >= 0.3 is 0 Å². The van der Waals surface area contributed by atoms with E-state index in [0.29, 0.717) is 5.56 Å². The zero-order valence-corrected chi connectivity index (χ0v) is 6.34. The van der Waals surface area contributed by atoms with E-state index in [1.165, 1.54) is 6.07 Å². The molecule has 58 valence electrons. The standard InChI is InChI=1S/C10H6FN/c11-10-7-2-1-5-9(10)6-3-4-8-12/h1-2,5,7H,4H2. The SMILES string of the molecule is N#CCC#Cc1ccccc1F. The first-order valence-electron chi connectivity index (χ1n) is 3.45. The molecule has 0 bridgehead atoms. The number of rotatable bonds is 0. The van der Waals surface area contributed by atoms with E-state index in [4.69, 9.17) is 5.26 Å². The zero-order valence-electron chi connectivity index (χ0n) is 6.34. The zero-order chi connectivity index (χ0) is 8.81. The van der Waals surface area contributed by atoms with Crippen LogP contribution in [0.4, 0.5) is 4.39 Å². The molecule has 0 amide bonds. The van der Waals surface area contributed by atoms with Crippen molar-refractivity contribution in [2.45, 2.75) is 6.42 Å². The normalized spacial score (nSPS) is 8.00. The van der Waals surface area contributed by atoms with E-state index in [0.717, 1.165) is 0 Å². The molecular formula is C10H6FN. The van der Waals surface area contributed by atoms with Crippen LogP contribution < -0.4 is 0 Å². The van der Waals surface area contributed by atoms with Crippen LogP contribution in [0.2, 0.25) is 0 Å². The minimum Gasteiger partial charge on any atom is -0.206 e. The van der Waals surface area contributed by atoms with Crippen molar-refractivity contribution in [3.8, 4) is 17.9 Å². The van der Waals surface area contributed by atoms with Crippen molar-refractivity contribution in [3.05, 3.63) is 35.6 Å². The van der Waals surface area contributed by atoms with Crippen LogP contribution in [0.1, 0.15) is 12.0 Å². The lowest BCUT2D eigenvalue weighted by Crippen LogP contribution is -1.80. The smallest absolute Gasteiger partial charge is 0.138 e. The van der Waals surface area contributed by atoms with Crippen LogP contribution in [0.25, 0.3) is 0 Å². The van der Waals surface area contributed by atoms with Gasteiger partial charge in [-0.15, -0.1) is 0 Å². The van der Waals surface area contributed by atoms with Gasteiger partial charge in [0.15, 0.2) is 0 Å². The van der Waals surface area contributed by atoms with Crippen molar-refractivity contribution in [1.29, 1.82) is 5.26 Å². The van der Waals surface area contributed by atoms with Crippen molar-refractivity contribution in [2.24, 2.45) is 0 Å². The number of nitriles is 1. The molecule has 0 unspecified atom stereocenters. The number of halogens is 1. The van der Waals surface area contributed by atoms with Crippen LogP contribution >= 0.6 is 0 Å². The lowest BCUT2D eigenvalue weighted by Gasteiger charge is -1.89. The van der Waals surface area contributed by atoms with Crippen molar-refractivity contribution in [1.82, 2.24) is 0 Å². The third kappa shape index (κ3) is 2.11. The molecule has 1 nitrogen and oxygen atoms in total. The van der Waals surface area contributed by atoms with Gasteiger partial charge in [0.25, 0.3) is 0 Å². The molecule has 0 saturated carbocycles. The maximum atomic E-state index is 12.8. The minimum absolute atomic E-state index is 0.133. The molecule has 0 spiro atoms. The molecule has 1 aromatic rings. The highest BCUT2D eigenvalue weighted by molar-refractivity contribution is 5.35. The molecule has 0 atom stereocenters. The van der Waals surface area contributed by atoms with Gasteiger partial charge in [0, 0.05) is 0 Å². The largest absolute Gasteiger partial charge is 0.206 e. The summed E-state index contributed by atoms with van der Waals surface area (Å²) >= 11 is 0. The number of hydrogen-bond donors (Lipinski definition) is 0. The van der Waals surface area contributed by atoms with Gasteiger partial charge in [-0.2, -0.15) is 5.26 Å². The number of hydrogen-bond acceptors (Lipinski definition) is 1. The summed E-state index contributed by atoms with van der Waals surface area (Å²) in [7, 11) is 0. The predicted octanol–water partition coefficient (Wildman–Crippen LogP) is 2.09. The van der Waals surface area contributed by atoms with Gasteiger partial charge in [0.05, 0.1) is 18.1 Å². The Morgan fingerprint density at radius 1 is 1.33 bits per heavy atom. The molecule has 0 aliphatic carbocycles. The minimum atomic E-state index is -0.345. The summed E-state index contributed by atoms with van der Waals surface area (Å²) in [4.78, 5) is 0. The monoisotopic (exact) mass is 159 g/mol. The second-order valence-corrected chi connectivity index (χ2v) is 2.12. The highest BCUT2D eigenvalue weighted by Gasteiger charge is 1.93. The molecule has 0 aromatic heterocycles. The second kappa shape index (κ2) is 4.16. The Balaban J connectivity index is 2.86. The Bertz CT molecular complexity index is 365. The van der Waals surface area contributed by atoms with Crippen LogP contribution in [0.5, 0.6) is 0 Å². The van der Waals surface area contributed by atoms with E-state index >= 15 is 0 Å². The summed E-state index contributed by atoms with van der Waals surface area (Å²) in [6.07, 6.45) is 0.133. The summed E-state index contributed by atoms with van der Waals surface area (Å²) in [5.74, 6) is 4.76. The molecule has 0 aliphatic heterocycles. The van der Waals surface area contributed by atoms with Gasteiger partial charge in [0.2, 0.25) is 0 Å². The predicted molar refractivity (Wildman–Crippen MR) is 43.5 cm³/mol. The summed E-state index contributed by atoms with van der Waals surface area (Å²) in [6.45, 7) is 0. The first-order chi connectivity index (χ1) is 5.84. The lowest BCUT2D eigenvalue weighted by molar-refractivity contribution is 0.624. The Labute approximate surface area is 70.4 Å². The molecule has 0 fully saturated rings. The third-order valence-electron chi connectivity index (χ3n) is 1.26. The molecule has 0 heterocycles. The maximum Gasteiger partial charge on any atom is 0.138 e. The Hall–Kier alpha value is -1.80. The fraction of sp³-hybridized carbons (Fsp3) is 0.100. The van der Waals surface area contributed by atoms with Gasteiger partial charge in [-0.25, -0.2) is 4.39 Å². The van der Waals surface area contributed by atoms with Crippen molar-refractivity contribution < 1.29 is 4.39 Å². The van der Waals surface area contributed by atoms with Gasteiger partial charge in [-0.3, -0.25) is 0 Å². The Morgan fingerprint density at radius 2 is 2.08 bits per heavy atom. The lowest BCUT2D eigenvalue weighted by atomic mass is 10.2. The van der Waals surface area contributed by atoms with Crippen LogP contribution in [0, 0.1) is 29.0 Å². The maximum absolute atomic E-state index is 12.8. The fourth-order valence-corrected chi connectivity index (χ4v) is 0.742. The quantitative estimate of drug-likeness (QED) is 0.532. The van der Waals surface area contributed by atoms with Crippen LogP contribution in [0.3, 0.4) is 0 Å². The van der Waals surface area contributed by atoms with E-state index < -0.39 is 0 Å². The van der Waals surface area contributed by atoms with Crippen LogP contribution in [-0.4, -0.2) is 0 Å². The third-order valence-corrected chi connectivity index (χ3v) is 1.26. The summed E-state index contributed by atoms with van der Waals surface area (Å²) < 4.78 is 12.8. The van der Waals surface area contributed by atoms with Crippen molar-refractivity contribution in [2.75, 3.05) is 0 Å². The summed E-state index contributed by atoms with van der Waals surface area (Å²) in [5.41, 5.74) is 0.341. The highest BCUT2D eigenvalue weighted by atomic mass is 19.1. The first-order valence-corrected chi connectivity index (χ1v) is 3.45. The Kier molecular flexibility index (Phi) is 2.87. The summed E-state index contributed by atoms with van der Waals surface area (Å²) in [6, 6.07) is 8.10. The molecule has 0 radical (unpaired) electrons. The molecule has 0 N–H and O–H groups in total. The van der Waals surface area contributed by atoms with Crippen molar-refractivity contribution >= 4 is 0 Å². The van der Waals surface area contributed by atoms with Gasteiger partial charge in [-0.1, -0.05) is 24.0 Å². The molecule has 12 heavy (non-hydrogen) atoms. The number of benzene rings is 1. The van der Waals surface area contributed by atoms with E-state index in [1.54, 1.807) is 18.2 Å². The fourth-order valence-electron chi connectivity index (χ4n) is 0.742. The summed E-state index contributed by atoms with van der Waals surface area (Å²) in [5, 5.41) is 8.17. The van der Waals surface area contributed by atoms with Crippen LogP contribution in [0.15, 0.2) is 24.3 Å². The van der Waals surface area contributed by atoms with Crippen molar-refractivity contribution in [3.63, 3.8) is 0 Å². The number of nitrogens with zero attached hydrogens (tertiary/aromatic N) is 1. The van der Waals surface area contributed by atoms with E-state index in [9.17, 15) is 4.39 Å². The highest BCUT2D eigenvalue weighted by Crippen LogP contribution is 2.03. The first kappa shape index (κ1) is 8.30. The molecule has 1 rings (SSSR count). The average Bonchev–Trinajstić information content (AvgIpc) is 2.09. The molecule has 2 heteroatoms.